The molecule has 2 saturated heterocycles. The van der Waals surface area contributed by atoms with Crippen LogP contribution in [0, 0.1) is 12.8 Å². The smallest absolute Gasteiger partial charge is 0.369 e. The van der Waals surface area contributed by atoms with Crippen molar-refractivity contribution in [3.8, 4) is 0 Å². The summed E-state index contributed by atoms with van der Waals surface area (Å²) in [7, 11) is 4.04. The van der Waals surface area contributed by atoms with E-state index in [1.807, 2.05) is 29.7 Å². The molecule has 2 aromatic rings. The second-order valence-electron chi connectivity index (χ2n) is 9.71. The van der Waals surface area contributed by atoms with Crippen LogP contribution in [0.1, 0.15) is 36.6 Å². The molecule has 0 saturated carbocycles. The summed E-state index contributed by atoms with van der Waals surface area (Å²) in [5.41, 5.74) is 0.442. The van der Waals surface area contributed by atoms with Crippen molar-refractivity contribution in [3.05, 3.63) is 23.7 Å². The van der Waals surface area contributed by atoms with Gasteiger partial charge in [-0.15, -0.1) is 0 Å². The maximum Gasteiger partial charge on any atom is 0.421 e. The van der Waals surface area contributed by atoms with Crippen LogP contribution >= 0.6 is 0 Å². The Labute approximate surface area is 208 Å². The maximum atomic E-state index is 13.5. The molecule has 2 aliphatic heterocycles. The molecule has 13 heteroatoms. The van der Waals surface area contributed by atoms with Gasteiger partial charge in [-0.25, -0.2) is 4.98 Å². The van der Waals surface area contributed by atoms with Crippen molar-refractivity contribution in [2.45, 2.75) is 38.4 Å². The SMILES string of the molecule is Cc1nn(C2CCN(C)CC2)cc1Nc1ncc(C(F)(F)F)c(NCCCNC(=O)C2CN(C)C2)n1. The Morgan fingerprint density at radius 2 is 1.86 bits per heavy atom. The van der Waals surface area contributed by atoms with Crippen LogP contribution in [0.15, 0.2) is 12.4 Å². The van der Waals surface area contributed by atoms with Gasteiger partial charge in [-0.3, -0.25) is 9.48 Å². The van der Waals surface area contributed by atoms with E-state index in [0.29, 0.717) is 18.7 Å². The van der Waals surface area contributed by atoms with Gasteiger partial charge in [-0.1, -0.05) is 0 Å². The molecule has 4 rings (SSSR count). The van der Waals surface area contributed by atoms with Crippen molar-refractivity contribution in [2.24, 2.45) is 5.92 Å². The molecular formula is C23H34F3N9O. The van der Waals surface area contributed by atoms with E-state index in [-0.39, 0.29) is 36.2 Å². The summed E-state index contributed by atoms with van der Waals surface area (Å²) < 4.78 is 42.5. The third kappa shape index (κ3) is 6.44. The molecule has 0 radical (unpaired) electrons. The predicted molar refractivity (Wildman–Crippen MR) is 130 cm³/mol. The first-order chi connectivity index (χ1) is 17.1. The molecule has 4 heterocycles. The fourth-order valence-corrected chi connectivity index (χ4v) is 4.47. The van der Waals surface area contributed by atoms with Gasteiger partial charge in [0.2, 0.25) is 11.9 Å². The average Bonchev–Trinajstić information content (AvgIpc) is 3.16. The van der Waals surface area contributed by atoms with Gasteiger partial charge < -0.3 is 25.8 Å². The summed E-state index contributed by atoms with van der Waals surface area (Å²) in [4.78, 5) is 24.3. The number of likely N-dealkylation sites (tertiary alicyclic amines) is 2. The van der Waals surface area contributed by atoms with Crippen molar-refractivity contribution in [1.29, 1.82) is 0 Å². The zero-order chi connectivity index (χ0) is 25.9. The number of amides is 1. The normalized spacial score (nSPS) is 18.2. The Kier molecular flexibility index (Phi) is 7.98. The van der Waals surface area contributed by atoms with E-state index in [9.17, 15) is 18.0 Å². The van der Waals surface area contributed by atoms with Gasteiger partial charge in [0.05, 0.1) is 23.3 Å². The Hall–Kier alpha value is -2.93. The molecule has 198 valence electrons. The molecular weight excluding hydrogens is 475 g/mol. The largest absolute Gasteiger partial charge is 0.421 e. The number of halogens is 3. The zero-order valence-electron chi connectivity index (χ0n) is 20.9. The van der Waals surface area contributed by atoms with Crippen LogP contribution in [-0.4, -0.2) is 88.8 Å². The highest BCUT2D eigenvalue weighted by atomic mass is 19.4. The number of aryl methyl sites for hydroxylation is 1. The van der Waals surface area contributed by atoms with Gasteiger partial charge in [0, 0.05) is 38.6 Å². The van der Waals surface area contributed by atoms with Gasteiger partial charge >= 0.3 is 6.18 Å². The van der Waals surface area contributed by atoms with Crippen LogP contribution in [0.25, 0.3) is 0 Å². The van der Waals surface area contributed by atoms with Crippen molar-refractivity contribution >= 4 is 23.4 Å². The highest BCUT2D eigenvalue weighted by molar-refractivity contribution is 5.79. The number of alkyl halides is 3. The van der Waals surface area contributed by atoms with Crippen LogP contribution in [0.5, 0.6) is 0 Å². The molecule has 0 bridgehead atoms. The number of piperidine rings is 1. The topological polar surface area (TPSA) is 103 Å². The van der Waals surface area contributed by atoms with Crippen LogP contribution in [-0.2, 0) is 11.0 Å². The van der Waals surface area contributed by atoms with E-state index < -0.39 is 11.7 Å². The van der Waals surface area contributed by atoms with Crippen LogP contribution in [0.4, 0.5) is 30.6 Å². The van der Waals surface area contributed by atoms with E-state index >= 15 is 0 Å². The number of rotatable bonds is 9. The summed E-state index contributed by atoms with van der Waals surface area (Å²) >= 11 is 0. The third-order valence-corrected chi connectivity index (χ3v) is 6.70. The Bertz CT molecular complexity index is 1040. The number of nitrogens with zero attached hydrogens (tertiary/aromatic N) is 6. The van der Waals surface area contributed by atoms with Crippen molar-refractivity contribution in [2.75, 3.05) is 64.0 Å². The molecule has 36 heavy (non-hydrogen) atoms. The Balaban J connectivity index is 1.36. The van der Waals surface area contributed by atoms with Gasteiger partial charge in [0.1, 0.15) is 11.4 Å². The van der Waals surface area contributed by atoms with Gasteiger partial charge in [-0.2, -0.15) is 23.3 Å². The quantitative estimate of drug-likeness (QED) is 0.443. The molecule has 2 aliphatic rings. The Morgan fingerprint density at radius 1 is 1.14 bits per heavy atom. The number of carbonyl (C=O) groups is 1. The highest BCUT2D eigenvalue weighted by Crippen LogP contribution is 2.34. The van der Waals surface area contributed by atoms with Gasteiger partial charge in [0.25, 0.3) is 0 Å². The molecule has 1 amide bonds. The van der Waals surface area contributed by atoms with E-state index in [4.69, 9.17) is 0 Å². The minimum atomic E-state index is -4.60. The molecule has 0 aliphatic carbocycles. The maximum absolute atomic E-state index is 13.5. The molecule has 2 aromatic heterocycles. The lowest BCUT2D eigenvalue weighted by molar-refractivity contribution is -0.137. The summed E-state index contributed by atoms with van der Waals surface area (Å²) in [6.07, 6.45) is 0.479. The summed E-state index contributed by atoms with van der Waals surface area (Å²) in [6.45, 7) is 5.87. The number of hydrogen-bond donors (Lipinski definition) is 3. The van der Waals surface area contributed by atoms with E-state index in [1.54, 1.807) is 0 Å². The highest BCUT2D eigenvalue weighted by Gasteiger charge is 2.35. The molecule has 0 aromatic carbocycles. The molecule has 0 spiro atoms. The lowest BCUT2D eigenvalue weighted by Gasteiger charge is -2.34. The predicted octanol–water partition coefficient (Wildman–Crippen LogP) is 2.49. The molecule has 0 atom stereocenters. The summed E-state index contributed by atoms with van der Waals surface area (Å²) in [5.74, 6) is -0.275. The second kappa shape index (κ2) is 11.0. The third-order valence-electron chi connectivity index (χ3n) is 6.70. The summed E-state index contributed by atoms with van der Waals surface area (Å²) in [6, 6.07) is 0.284. The average molecular weight is 510 g/mol. The van der Waals surface area contributed by atoms with E-state index in [0.717, 1.165) is 50.9 Å². The molecule has 0 unspecified atom stereocenters. The van der Waals surface area contributed by atoms with Crippen LogP contribution in [0.3, 0.4) is 0 Å². The number of anilines is 3. The zero-order valence-corrected chi connectivity index (χ0v) is 20.9. The molecule has 2 fully saturated rings. The lowest BCUT2D eigenvalue weighted by atomic mass is 10.0. The first-order valence-electron chi connectivity index (χ1n) is 12.3. The summed E-state index contributed by atoms with van der Waals surface area (Å²) in [5, 5.41) is 13.2. The fourth-order valence-electron chi connectivity index (χ4n) is 4.47. The van der Waals surface area contributed by atoms with Gasteiger partial charge in [-0.05, 0) is 53.4 Å². The van der Waals surface area contributed by atoms with Gasteiger partial charge in [0.15, 0.2) is 0 Å². The fraction of sp³-hybridized carbons (Fsp3) is 0.652. The number of carbonyl (C=O) groups excluding carboxylic acids is 1. The van der Waals surface area contributed by atoms with Crippen LogP contribution < -0.4 is 16.0 Å². The first kappa shape index (κ1) is 26.1. The standard InChI is InChI=1S/C23H34F3N9O/c1-15-19(14-35(32-15)17-5-9-33(2)10-6-17)30-22-29-11-18(23(24,25)26)20(31-22)27-7-4-8-28-21(36)16-12-34(3)13-16/h11,14,16-17H,4-10,12-13H2,1-3H3,(H,28,36)(H2,27,29,30,31). The van der Waals surface area contributed by atoms with Crippen molar-refractivity contribution in [1.82, 2.24) is 34.9 Å². The number of aromatic nitrogens is 4. The minimum Gasteiger partial charge on any atom is -0.369 e. The molecule has 10 nitrogen and oxygen atoms in total. The van der Waals surface area contributed by atoms with E-state index in [2.05, 4.69) is 43.0 Å². The van der Waals surface area contributed by atoms with Crippen LogP contribution in [0.2, 0.25) is 0 Å². The monoisotopic (exact) mass is 509 g/mol. The minimum absolute atomic E-state index is 0.0115. The lowest BCUT2D eigenvalue weighted by Crippen LogP contribution is -2.51. The van der Waals surface area contributed by atoms with Crippen molar-refractivity contribution in [3.63, 3.8) is 0 Å². The molecule has 3 N–H and O–H groups in total. The first-order valence-corrected chi connectivity index (χ1v) is 12.3. The number of hydrogen-bond acceptors (Lipinski definition) is 8. The number of nitrogens with one attached hydrogen (secondary N) is 3. The Morgan fingerprint density at radius 3 is 2.53 bits per heavy atom. The second-order valence-corrected chi connectivity index (χ2v) is 9.71. The van der Waals surface area contributed by atoms with E-state index in [1.165, 1.54) is 0 Å². The van der Waals surface area contributed by atoms with Crippen molar-refractivity contribution < 1.29 is 18.0 Å².